The van der Waals surface area contributed by atoms with Crippen molar-refractivity contribution in [2.45, 2.75) is 25.3 Å². The minimum atomic E-state index is -0.968. The zero-order chi connectivity index (χ0) is 21.5. The molecule has 2 aromatic carbocycles. The van der Waals surface area contributed by atoms with Crippen molar-refractivity contribution >= 4 is 11.9 Å². The molecule has 3 rings (SSSR count). The molecule has 0 radical (unpaired) electrons. The molecule has 7 heteroatoms. The van der Waals surface area contributed by atoms with Crippen LogP contribution < -0.4 is 10.7 Å². The van der Waals surface area contributed by atoms with Crippen LogP contribution in [0.4, 0.5) is 0 Å². The number of benzene rings is 2. The summed E-state index contributed by atoms with van der Waals surface area (Å²) in [4.78, 5) is 34.9. The molecule has 3 N–H and O–H groups in total. The van der Waals surface area contributed by atoms with Crippen LogP contribution in [-0.4, -0.2) is 28.1 Å². The number of nitrogens with one attached hydrogen (secondary N) is 1. The molecule has 1 atom stereocenters. The molecule has 30 heavy (non-hydrogen) atoms. The number of hydrogen-bond acceptors (Lipinski definition) is 5. The van der Waals surface area contributed by atoms with Gasteiger partial charge in [-0.25, -0.2) is 0 Å². The lowest BCUT2D eigenvalue weighted by Gasteiger charge is -2.18. The minimum Gasteiger partial charge on any atom is -0.502 e. The number of aliphatic carboxylic acids is 1. The van der Waals surface area contributed by atoms with Gasteiger partial charge < -0.3 is 19.9 Å². The van der Waals surface area contributed by atoms with Crippen molar-refractivity contribution < 1.29 is 24.2 Å². The third-order valence-electron chi connectivity index (χ3n) is 4.62. The van der Waals surface area contributed by atoms with Crippen LogP contribution >= 0.6 is 0 Å². The zero-order valence-corrected chi connectivity index (χ0v) is 16.1. The van der Waals surface area contributed by atoms with Gasteiger partial charge in [0.2, 0.25) is 5.43 Å². The summed E-state index contributed by atoms with van der Waals surface area (Å²) in [5.74, 6) is -2.46. The zero-order valence-electron chi connectivity index (χ0n) is 16.1. The molecule has 0 spiro atoms. The summed E-state index contributed by atoms with van der Waals surface area (Å²) in [6, 6.07) is 18.1. The van der Waals surface area contributed by atoms with Gasteiger partial charge in [0.1, 0.15) is 6.26 Å². The predicted octanol–water partition coefficient (Wildman–Crippen LogP) is 3.22. The molecule has 1 amide bonds. The molecule has 3 aromatic rings. The molecule has 0 aliphatic carbocycles. The van der Waals surface area contributed by atoms with Crippen LogP contribution in [0.5, 0.6) is 5.75 Å². The molecule has 0 fully saturated rings. The molecule has 0 aliphatic rings. The van der Waals surface area contributed by atoms with Crippen molar-refractivity contribution in [3.05, 3.63) is 88.5 Å². The Balaban J connectivity index is 1.73. The summed E-state index contributed by atoms with van der Waals surface area (Å²) in [6.07, 6.45) is 1.30. The lowest BCUT2D eigenvalue weighted by atomic mass is 9.98. The summed E-state index contributed by atoms with van der Waals surface area (Å²) < 4.78 is 4.96. The first-order chi connectivity index (χ1) is 14.4. The summed E-state index contributed by atoms with van der Waals surface area (Å²) in [7, 11) is 0. The van der Waals surface area contributed by atoms with Crippen LogP contribution in [-0.2, 0) is 11.2 Å². The Morgan fingerprint density at radius 1 is 1.00 bits per heavy atom. The van der Waals surface area contributed by atoms with Crippen molar-refractivity contribution in [1.29, 1.82) is 0 Å². The smallest absolute Gasteiger partial charge is 0.303 e. The van der Waals surface area contributed by atoms with Gasteiger partial charge in [0.15, 0.2) is 11.5 Å². The van der Waals surface area contributed by atoms with E-state index in [0.29, 0.717) is 6.42 Å². The lowest BCUT2D eigenvalue weighted by Crippen LogP contribution is -2.37. The highest BCUT2D eigenvalue weighted by Crippen LogP contribution is 2.20. The first kappa shape index (κ1) is 20.9. The van der Waals surface area contributed by atoms with Crippen LogP contribution in [0.3, 0.4) is 0 Å². The highest BCUT2D eigenvalue weighted by Gasteiger charge is 2.18. The van der Waals surface area contributed by atoms with Crippen LogP contribution in [0.1, 0.15) is 29.0 Å². The van der Waals surface area contributed by atoms with Gasteiger partial charge in [-0.05, 0) is 29.5 Å². The second-order valence-corrected chi connectivity index (χ2v) is 6.86. The summed E-state index contributed by atoms with van der Waals surface area (Å²) in [5, 5.41) is 21.0. The minimum absolute atomic E-state index is 0.118. The number of hydrogen-bond donors (Lipinski definition) is 3. The number of carbonyl (C=O) groups is 2. The van der Waals surface area contributed by atoms with Gasteiger partial charge >= 0.3 is 5.97 Å². The molecule has 0 aliphatic heterocycles. The third-order valence-corrected chi connectivity index (χ3v) is 4.62. The van der Waals surface area contributed by atoms with Crippen molar-refractivity contribution in [3.8, 4) is 16.9 Å². The normalized spacial score (nSPS) is 11.6. The topological polar surface area (TPSA) is 117 Å². The first-order valence-electron chi connectivity index (χ1n) is 9.41. The van der Waals surface area contributed by atoms with Gasteiger partial charge in [-0.1, -0.05) is 54.6 Å². The highest BCUT2D eigenvalue weighted by atomic mass is 16.4. The Morgan fingerprint density at radius 3 is 2.30 bits per heavy atom. The fourth-order valence-corrected chi connectivity index (χ4v) is 3.05. The maximum Gasteiger partial charge on any atom is 0.303 e. The monoisotopic (exact) mass is 407 g/mol. The Morgan fingerprint density at radius 2 is 1.67 bits per heavy atom. The molecule has 0 saturated carbocycles. The number of aromatic hydroxyl groups is 1. The molecule has 154 valence electrons. The van der Waals surface area contributed by atoms with Gasteiger partial charge in [-0.3, -0.25) is 14.4 Å². The standard InChI is InChI=1S/C23H21NO6/c25-19-13-21(30-14-20(19)26)23(29)24-18(10-11-22(27)28)12-15-6-8-17(9-7-15)16-4-2-1-3-5-16/h1-9,13-14,18,26H,10-12H2,(H,24,29)(H,27,28). The Kier molecular flexibility index (Phi) is 6.64. The Bertz CT molecular complexity index is 1070. The number of carboxylic acids is 1. The van der Waals surface area contributed by atoms with Crippen molar-refractivity contribution in [1.82, 2.24) is 5.32 Å². The van der Waals surface area contributed by atoms with Crippen molar-refractivity contribution in [3.63, 3.8) is 0 Å². The maximum absolute atomic E-state index is 12.4. The van der Waals surface area contributed by atoms with E-state index in [1.165, 1.54) is 0 Å². The lowest BCUT2D eigenvalue weighted by molar-refractivity contribution is -0.137. The molecule has 1 unspecified atom stereocenters. The van der Waals surface area contributed by atoms with Gasteiger partial charge in [0, 0.05) is 18.5 Å². The largest absolute Gasteiger partial charge is 0.502 e. The molecular formula is C23H21NO6. The van der Waals surface area contributed by atoms with Crippen LogP contribution in [0.2, 0.25) is 0 Å². The molecule has 1 heterocycles. The maximum atomic E-state index is 12.4. The van der Waals surface area contributed by atoms with Gasteiger partial charge in [0.05, 0.1) is 0 Å². The van der Waals surface area contributed by atoms with Gasteiger partial charge in [-0.2, -0.15) is 0 Å². The van der Waals surface area contributed by atoms with Gasteiger partial charge in [0.25, 0.3) is 5.91 Å². The number of rotatable bonds is 8. The van der Waals surface area contributed by atoms with Crippen LogP contribution in [0.15, 0.2) is 76.1 Å². The quantitative estimate of drug-likeness (QED) is 0.528. The summed E-state index contributed by atoms with van der Waals surface area (Å²) >= 11 is 0. The van der Waals surface area contributed by atoms with E-state index < -0.39 is 29.1 Å². The molecule has 1 aromatic heterocycles. The van der Waals surface area contributed by atoms with E-state index in [-0.39, 0.29) is 18.6 Å². The van der Waals surface area contributed by atoms with Gasteiger partial charge in [-0.15, -0.1) is 0 Å². The summed E-state index contributed by atoms with van der Waals surface area (Å²) in [5.41, 5.74) is 2.33. The van der Waals surface area contributed by atoms with E-state index in [2.05, 4.69) is 5.32 Å². The third kappa shape index (κ3) is 5.57. The van der Waals surface area contributed by atoms with Crippen LogP contribution in [0, 0.1) is 0 Å². The van der Waals surface area contributed by atoms with E-state index in [9.17, 15) is 19.5 Å². The summed E-state index contributed by atoms with van der Waals surface area (Å²) in [6.45, 7) is 0. The van der Waals surface area contributed by atoms with E-state index in [0.717, 1.165) is 29.0 Å². The fourth-order valence-electron chi connectivity index (χ4n) is 3.05. The SMILES string of the molecule is O=C(O)CCC(Cc1ccc(-c2ccccc2)cc1)NC(=O)c1cc(=O)c(O)co1. The number of amides is 1. The van der Waals surface area contributed by atoms with Crippen molar-refractivity contribution in [2.24, 2.45) is 0 Å². The van der Waals surface area contributed by atoms with E-state index in [1.54, 1.807) is 0 Å². The molecule has 0 bridgehead atoms. The highest BCUT2D eigenvalue weighted by molar-refractivity contribution is 5.91. The Hall–Kier alpha value is -3.87. The van der Waals surface area contributed by atoms with Crippen molar-refractivity contribution in [2.75, 3.05) is 0 Å². The fraction of sp³-hybridized carbons (Fsp3) is 0.174. The average Bonchev–Trinajstić information content (AvgIpc) is 2.75. The van der Waals surface area contributed by atoms with E-state index >= 15 is 0 Å². The second kappa shape index (κ2) is 9.56. The molecule has 7 nitrogen and oxygen atoms in total. The molecular weight excluding hydrogens is 386 g/mol. The Labute approximate surface area is 172 Å². The first-order valence-corrected chi connectivity index (χ1v) is 9.41. The van der Waals surface area contributed by atoms with Crippen LogP contribution in [0.25, 0.3) is 11.1 Å². The van der Waals surface area contributed by atoms with E-state index in [1.807, 2.05) is 54.6 Å². The van der Waals surface area contributed by atoms with E-state index in [4.69, 9.17) is 9.52 Å². The number of carbonyl (C=O) groups excluding carboxylic acids is 1. The molecule has 0 saturated heterocycles. The number of carboxylic acid groups (broad SMARTS) is 1. The average molecular weight is 407 g/mol. The predicted molar refractivity (Wildman–Crippen MR) is 110 cm³/mol. The second-order valence-electron chi connectivity index (χ2n) is 6.86.